The van der Waals surface area contributed by atoms with Crippen LogP contribution in [0.15, 0.2) is 54.9 Å². The van der Waals surface area contributed by atoms with Crippen LogP contribution in [0, 0.1) is 0 Å². The van der Waals surface area contributed by atoms with Crippen LogP contribution in [0.2, 0.25) is 0 Å². The Balaban J connectivity index is 1.52. The highest BCUT2D eigenvalue weighted by Gasteiger charge is 2.06. The third-order valence-electron chi connectivity index (χ3n) is 3.45. The maximum absolute atomic E-state index is 12.1. The zero-order chi connectivity index (χ0) is 14.5. The predicted octanol–water partition coefficient (Wildman–Crippen LogP) is 2.93. The highest BCUT2D eigenvalue weighted by atomic mass is 16.1. The van der Waals surface area contributed by atoms with E-state index in [1.165, 1.54) is 5.56 Å². The van der Waals surface area contributed by atoms with E-state index in [9.17, 15) is 4.79 Å². The highest BCUT2D eigenvalue weighted by Crippen LogP contribution is 2.11. The van der Waals surface area contributed by atoms with Crippen LogP contribution < -0.4 is 5.32 Å². The molecular formula is C17H17N3O. The Kier molecular flexibility index (Phi) is 3.96. The minimum absolute atomic E-state index is 0.0421. The summed E-state index contributed by atoms with van der Waals surface area (Å²) in [4.78, 5) is 19.2. The van der Waals surface area contributed by atoms with Crippen LogP contribution in [0.25, 0.3) is 11.0 Å². The summed E-state index contributed by atoms with van der Waals surface area (Å²) < 4.78 is 0. The van der Waals surface area contributed by atoms with E-state index in [2.05, 4.69) is 27.4 Å². The molecule has 0 bridgehead atoms. The summed E-state index contributed by atoms with van der Waals surface area (Å²) in [5, 5.41) is 2.95. The molecule has 1 heterocycles. The first kappa shape index (κ1) is 13.4. The van der Waals surface area contributed by atoms with Gasteiger partial charge in [-0.3, -0.25) is 4.79 Å². The van der Waals surface area contributed by atoms with Crippen LogP contribution in [0.5, 0.6) is 0 Å². The predicted molar refractivity (Wildman–Crippen MR) is 83.2 cm³/mol. The molecule has 21 heavy (non-hydrogen) atoms. The van der Waals surface area contributed by atoms with Gasteiger partial charge >= 0.3 is 0 Å². The summed E-state index contributed by atoms with van der Waals surface area (Å²) in [6.07, 6.45) is 3.54. The van der Waals surface area contributed by atoms with Crippen LogP contribution in [0.1, 0.15) is 22.3 Å². The number of fused-ring (bicyclic) bond motifs is 1. The number of rotatable bonds is 5. The molecule has 0 saturated heterocycles. The van der Waals surface area contributed by atoms with E-state index in [0.717, 1.165) is 23.9 Å². The van der Waals surface area contributed by atoms with Crippen molar-refractivity contribution in [3.8, 4) is 0 Å². The average molecular weight is 279 g/mol. The lowest BCUT2D eigenvalue weighted by atomic mass is 10.1. The first-order chi connectivity index (χ1) is 10.3. The number of aromatic nitrogens is 2. The highest BCUT2D eigenvalue weighted by molar-refractivity contribution is 5.97. The number of hydrogen-bond donors (Lipinski definition) is 2. The monoisotopic (exact) mass is 279 g/mol. The lowest BCUT2D eigenvalue weighted by molar-refractivity contribution is 0.0953. The molecule has 1 amide bonds. The number of aryl methyl sites for hydroxylation is 1. The molecule has 1 aromatic heterocycles. The molecule has 0 spiro atoms. The van der Waals surface area contributed by atoms with Gasteiger partial charge in [-0.15, -0.1) is 0 Å². The number of imidazole rings is 1. The largest absolute Gasteiger partial charge is 0.352 e. The second-order valence-corrected chi connectivity index (χ2v) is 4.98. The van der Waals surface area contributed by atoms with Gasteiger partial charge in [0.25, 0.3) is 5.91 Å². The molecule has 0 saturated carbocycles. The van der Waals surface area contributed by atoms with Gasteiger partial charge in [-0.2, -0.15) is 0 Å². The van der Waals surface area contributed by atoms with Crippen molar-refractivity contribution in [2.75, 3.05) is 6.54 Å². The minimum atomic E-state index is -0.0421. The Labute approximate surface area is 123 Å². The fraction of sp³-hybridized carbons (Fsp3) is 0.176. The summed E-state index contributed by atoms with van der Waals surface area (Å²) in [6.45, 7) is 0.675. The molecule has 4 nitrogen and oxygen atoms in total. The lowest BCUT2D eigenvalue weighted by Crippen LogP contribution is -2.24. The van der Waals surface area contributed by atoms with Gasteiger partial charge < -0.3 is 10.3 Å². The number of hydrogen-bond acceptors (Lipinski definition) is 2. The smallest absolute Gasteiger partial charge is 0.251 e. The second kappa shape index (κ2) is 6.22. The van der Waals surface area contributed by atoms with E-state index in [1.54, 1.807) is 12.4 Å². The van der Waals surface area contributed by atoms with E-state index in [1.807, 2.05) is 30.3 Å². The molecule has 3 rings (SSSR count). The first-order valence-electron chi connectivity index (χ1n) is 7.08. The molecule has 0 atom stereocenters. The number of nitrogens with zero attached hydrogens (tertiary/aromatic N) is 1. The molecule has 0 radical (unpaired) electrons. The lowest BCUT2D eigenvalue weighted by Gasteiger charge is -2.05. The SMILES string of the molecule is O=C(NCCCc1ccccc1)c1ccc2nc[nH]c2c1. The van der Waals surface area contributed by atoms with Gasteiger partial charge in [0.05, 0.1) is 17.4 Å². The summed E-state index contributed by atoms with van der Waals surface area (Å²) in [6, 6.07) is 15.8. The average Bonchev–Trinajstić information content (AvgIpc) is 3.00. The van der Waals surface area contributed by atoms with Crippen molar-refractivity contribution in [2.24, 2.45) is 0 Å². The number of carbonyl (C=O) groups excluding carboxylic acids is 1. The Hall–Kier alpha value is -2.62. The fourth-order valence-corrected chi connectivity index (χ4v) is 2.32. The number of H-pyrrole nitrogens is 1. The van der Waals surface area contributed by atoms with Crippen molar-refractivity contribution in [1.29, 1.82) is 0 Å². The molecule has 4 heteroatoms. The molecule has 2 aromatic carbocycles. The Morgan fingerprint density at radius 2 is 2.00 bits per heavy atom. The molecular weight excluding hydrogens is 262 g/mol. The van der Waals surface area contributed by atoms with Gasteiger partial charge in [-0.1, -0.05) is 30.3 Å². The Morgan fingerprint density at radius 3 is 2.86 bits per heavy atom. The first-order valence-corrected chi connectivity index (χ1v) is 7.08. The molecule has 0 aliphatic carbocycles. The molecule has 0 aliphatic heterocycles. The zero-order valence-electron chi connectivity index (χ0n) is 11.7. The summed E-state index contributed by atoms with van der Waals surface area (Å²) >= 11 is 0. The Morgan fingerprint density at radius 1 is 1.14 bits per heavy atom. The van der Waals surface area contributed by atoms with E-state index in [0.29, 0.717) is 12.1 Å². The number of aromatic amines is 1. The topological polar surface area (TPSA) is 57.8 Å². The van der Waals surface area contributed by atoms with E-state index in [4.69, 9.17) is 0 Å². The zero-order valence-corrected chi connectivity index (χ0v) is 11.7. The molecule has 2 N–H and O–H groups in total. The van der Waals surface area contributed by atoms with Crippen molar-refractivity contribution in [3.05, 3.63) is 66.0 Å². The van der Waals surface area contributed by atoms with E-state index >= 15 is 0 Å². The van der Waals surface area contributed by atoms with Crippen molar-refractivity contribution < 1.29 is 4.79 Å². The van der Waals surface area contributed by atoms with Gasteiger partial charge in [0, 0.05) is 12.1 Å². The standard InChI is InChI=1S/C17H17N3O/c21-17(14-8-9-15-16(11-14)20-12-19-15)18-10-4-7-13-5-2-1-3-6-13/h1-3,5-6,8-9,11-12H,4,7,10H2,(H,18,21)(H,19,20). The number of nitrogens with one attached hydrogen (secondary N) is 2. The quantitative estimate of drug-likeness (QED) is 0.705. The molecule has 106 valence electrons. The summed E-state index contributed by atoms with van der Waals surface area (Å²) in [5.41, 5.74) is 3.71. The van der Waals surface area contributed by atoms with Gasteiger partial charge in [0.15, 0.2) is 0 Å². The number of carbonyl (C=O) groups is 1. The fourth-order valence-electron chi connectivity index (χ4n) is 2.32. The van der Waals surface area contributed by atoms with Gasteiger partial charge in [0.1, 0.15) is 0 Å². The van der Waals surface area contributed by atoms with Crippen molar-refractivity contribution in [1.82, 2.24) is 15.3 Å². The van der Waals surface area contributed by atoms with Gasteiger partial charge in [-0.05, 0) is 36.6 Å². The minimum Gasteiger partial charge on any atom is -0.352 e. The van der Waals surface area contributed by atoms with Crippen LogP contribution >= 0.6 is 0 Å². The number of benzene rings is 2. The summed E-state index contributed by atoms with van der Waals surface area (Å²) in [5.74, 6) is -0.0421. The third kappa shape index (κ3) is 3.28. The summed E-state index contributed by atoms with van der Waals surface area (Å²) in [7, 11) is 0. The van der Waals surface area contributed by atoms with Crippen molar-refractivity contribution >= 4 is 16.9 Å². The second-order valence-electron chi connectivity index (χ2n) is 4.98. The maximum Gasteiger partial charge on any atom is 0.251 e. The van der Waals surface area contributed by atoms with Gasteiger partial charge in [0.2, 0.25) is 0 Å². The number of amides is 1. The normalized spacial score (nSPS) is 10.7. The van der Waals surface area contributed by atoms with Crippen LogP contribution in [-0.2, 0) is 6.42 Å². The molecule has 0 unspecified atom stereocenters. The van der Waals surface area contributed by atoms with Gasteiger partial charge in [-0.25, -0.2) is 4.98 Å². The van der Waals surface area contributed by atoms with Crippen molar-refractivity contribution in [2.45, 2.75) is 12.8 Å². The van der Waals surface area contributed by atoms with Crippen molar-refractivity contribution in [3.63, 3.8) is 0 Å². The van der Waals surface area contributed by atoms with Crippen LogP contribution in [0.4, 0.5) is 0 Å². The maximum atomic E-state index is 12.1. The van der Waals surface area contributed by atoms with E-state index < -0.39 is 0 Å². The van der Waals surface area contributed by atoms with Crippen LogP contribution in [-0.4, -0.2) is 22.4 Å². The molecule has 0 fully saturated rings. The molecule has 3 aromatic rings. The van der Waals surface area contributed by atoms with E-state index in [-0.39, 0.29) is 5.91 Å². The third-order valence-corrected chi connectivity index (χ3v) is 3.45. The van der Waals surface area contributed by atoms with Crippen LogP contribution in [0.3, 0.4) is 0 Å². The molecule has 0 aliphatic rings. The Bertz CT molecular complexity index is 734.